The lowest BCUT2D eigenvalue weighted by Gasteiger charge is -2.24. The van der Waals surface area contributed by atoms with Crippen LogP contribution in [0.25, 0.3) is 0 Å². The van der Waals surface area contributed by atoms with E-state index in [4.69, 9.17) is 5.73 Å². The molecule has 2 atom stereocenters. The first-order valence-electron chi connectivity index (χ1n) is 5.50. The van der Waals surface area contributed by atoms with Crippen LogP contribution in [0.2, 0.25) is 0 Å². The Morgan fingerprint density at radius 3 is 2.81 bits per heavy atom. The molecule has 2 aliphatic rings. The van der Waals surface area contributed by atoms with E-state index in [1.165, 1.54) is 6.92 Å². The zero-order chi connectivity index (χ0) is 12.0. The SMILES string of the molecule is CCS(=O)(=O)N(F)CC1CC2(N)CC=C1C2. The minimum absolute atomic E-state index is 0.0252. The predicted octanol–water partition coefficient (Wildman–Crippen LogP) is 0.960. The zero-order valence-corrected chi connectivity index (χ0v) is 10.1. The third-order valence-electron chi connectivity index (χ3n) is 3.53. The highest BCUT2D eigenvalue weighted by molar-refractivity contribution is 7.88. The quantitative estimate of drug-likeness (QED) is 0.595. The third-order valence-corrected chi connectivity index (χ3v) is 5.02. The van der Waals surface area contributed by atoms with Gasteiger partial charge in [0.05, 0.1) is 12.3 Å². The van der Waals surface area contributed by atoms with Gasteiger partial charge >= 0.3 is 0 Å². The number of nitrogens with zero attached hydrogens (tertiary/aromatic N) is 1. The zero-order valence-electron chi connectivity index (χ0n) is 9.32. The van der Waals surface area contributed by atoms with Gasteiger partial charge in [-0.2, -0.15) is 0 Å². The molecule has 0 aromatic carbocycles. The molecule has 2 aliphatic carbocycles. The fraction of sp³-hybridized carbons (Fsp3) is 0.800. The summed E-state index contributed by atoms with van der Waals surface area (Å²) in [5, 5.41) is 0. The highest BCUT2D eigenvalue weighted by Gasteiger charge is 2.44. The first-order chi connectivity index (χ1) is 7.36. The summed E-state index contributed by atoms with van der Waals surface area (Å²) in [6, 6.07) is 0. The molecular formula is C10H17FN2O2S. The number of hydrogen-bond donors (Lipinski definition) is 1. The van der Waals surface area contributed by atoms with Crippen LogP contribution in [-0.4, -0.2) is 30.8 Å². The summed E-state index contributed by atoms with van der Waals surface area (Å²) in [6.07, 6.45) is 4.35. The monoisotopic (exact) mass is 248 g/mol. The molecule has 0 aromatic rings. The van der Waals surface area contributed by atoms with Crippen molar-refractivity contribution in [3.63, 3.8) is 0 Å². The van der Waals surface area contributed by atoms with Gasteiger partial charge in [0.1, 0.15) is 0 Å². The number of hydrogen-bond acceptors (Lipinski definition) is 3. The lowest BCUT2D eigenvalue weighted by molar-refractivity contribution is 0.120. The van der Waals surface area contributed by atoms with Crippen molar-refractivity contribution in [1.82, 2.24) is 4.53 Å². The summed E-state index contributed by atoms with van der Waals surface area (Å²) >= 11 is 0. The largest absolute Gasteiger partial charge is 0.325 e. The van der Waals surface area contributed by atoms with E-state index in [0.717, 1.165) is 18.4 Å². The van der Waals surface area contributed by atoms with E-state index in [2.05, 4.69) is 0 Å². The molecule has 0 aromatic heterocycles. The summed E-state index contributed by atoms with van der Waals surface area (Å²) in [5.41, 5.74) is 6.95. The van der Waals surface area contributed by atoms with Crippen molar-refractivity contribution in [1.29, 1.82) is 0 Å². The molecule has 0 aliphatic heterocycles. The highest BCUT2D eigenvalue weighted by Crippen LogP contribution is 2.45. The second kappa shape index (κ2) is 3.78. The predicted molar refractivity (Wildman–Crippen MR) is 59.6 cm³/mol. The normalized spacial score (nSPS) is 33.5. The van der Waals surface area contributed by atoms with E-state index in [1.807, 2.05) is 6.08 Å². The van der Waals surface area contributed by atoms with E-state index in [0.29, 0.717) is 6.42 Å². The molecule has 6 heteroatoms. The molecule has 0 heterocycles. The molecule has 16 heavy (non-hydrogen) atoms. The number of sulfonamides is 1. The maximum atomic E-state index is 13.5. The van der Waals surface area contributed by atoms with Crippen molar-refractivity contribution in [3.8, 4) is 0 Å². The fourth-order valence-electron chi connectivity index (χ4n) is 2.58. The molecule has 0 amide bonds. The minimum Gasteiger partial charge on any atom is -0.325 e. The third kappa shape index (κ3) is 2.01. The van der Waals surface area contributed by atoms with E-state index in [9.17, 15) is 12.9 Å². The van der Waals surface area contributed by atoms with E-state index < -0.39 is 10.0 Å². The Balaban J connectivity index is 2.03. The molecule has 1 fully saturated rings. The van der Waals surface area contributed by atoms with Gasteiger partial charge in [-0.25, -0.2) is 8.42 Å². The van der Waals surface area contributed by atoms with Gasteiger partial charge in [-0.15, -0.1) is 4.48 Å². The molecule has 2 rings (SSSR count). The second-order valence-electron chi connectivity index (χ2n) is 4.79. The van der Waals surface area contributed by atoms with E-state index >= 15 is 0 Å². The molecule has 2 N–H and O–H groups in total. The molecule has 0 radical (unpaired) electrons. The lowest BCUT2D eigenvalue weighted by Crippen LogP contribution is -2.37. The summed E-state index contributed by atoms with van der Waals surface area (Å²) in [6.45, 7) is 1.35. The molecule has 1 saturated carbocycles. The first kappa shape index (κ1) is 12.0. The Morgan fingerprint density at radius 2 is 2.38 bits per heavy atom. The van der Waals surface area contributed by atoms with Crippen molar-refractivity contribution >= 4 is 10.0 Å². The lowest BCUT2D eigenvalue weighted by atomic mass is 9.91. The van der Waals surface area contributed by atoms with Crippen LogP contribution in [0.15, 0.2) is 11.6 Å². The van der Waals surface area contributed by atoms with Crippen LogP contribution in [-0.2, 0) is 10.0 Å². The van der Waals surface area contributed by atoms with Crippen molar-refractivity contribution in [2.24, 2.45) is 11.7 Å². The maximum absolute atomic E-state index is 13.5. The topological polar surface area (TPSA) is 63.4 Å². The minimum atomic E-state index is -3.72. The van der Waals surface area contributed by atoms with Crippen molar-refractivity contribution < 1.29 is 12.9 Å². The van der Waals surface area contributed by atoms with Gasteiger partial charge in [0.2, 0.25) is 10.0 Å². The Bertz CT molecular complexity index is 421. The van der Waals surface area contributed by atoms with Crippen LogP contribution in [0.1, 0.15) is 26.2 Å². The Hall–Kier alpha value is -0.460. The Kier molecular flexibility index (Phi) is 2.84. The molecule has 0 spiro atoms. The van der Waals surface area contributed by atoms with Crippen LogP contribution in [0.3, 0.4) is 0 Å². The van der Waals surface area contributed by atoms with E-state index in [-0.39, 0.29) is 28.3 Å². The molecular weight excluding hydrogens is 231 g/mol. The van der Waals surface area contributed by atoms with Crippen LogP contribution in [0.5, 0.6) is 0 Å². The van der Waals surface area contributed by atoms with Gasteiger partial charge in [0.15, 0.2) is 0 Å². The van der Waals surface area contributed by atoms with Crippen LogP contribution in [0.4, 0.5) is 4.48 Å². The number of halogens is 1. The molecule has 4 nitrogen and oxygen atoms in total. The van der Waals surface area contributed by atoms with Gasteiger partial charge in [0.25, 0.3) is 0 Å². The Labute approximate surface area is 95.3 Å². The summed E-state index contributed by atoms with van der Waals surface area (Å²) in [7, 11) is -3.72. The average Bonchev–Trinajstić information content (AvgIpc) is 2.72. The van der Waals surface area contributed by atoms with Gasteiger partial charge in [-0.05, 0) is 36.6 Å². The molecule has 2 unspecified atom stereocenters. The summed E-state index contributed by atoms with van der Waals surface area (Å²) < 4.78 is 36.0. The Morgan fingerprint density at radius 1 is 1.69 bits per heavy atom. The standard InChI is InChI=1S/C10H17FN2O2S/c1-2-16(14,15)13(11)7-9-6-10(12)4-3-8(9)5-10/h3,9H,2,4-7,12H2,1H3. The number of fused-ring (bicyclic) bond motifs is 2. The maximum Gasteiger partial charge on any atom is 0.239 e. The van der Waals surface area contributed by atoms with Crippen molar-refractivity contribution in [3.05, 3.63) is 11.6 Å². The molecule has 2 bridgehead atoms. The number of nitrogens with two attached hydrogens (primary N) is 1. The molecule has 0 saturated heterocycles. The van der Waals surface area contributed by atoms with Crippen molar-refractivity contribution in [2.75, 3.05) is 12.3 Å². The smallest absolute Gasteiger partial charge is 0.239 e. The summed E-state index contributed by atoms with van der Waals surface area (Å²) in [5.74, 6) is -0.242. The van der Waals surface area contributed by atoms with E-state index in [1.54, 1.807) is 0 Å². The van der Waals surface area contributed by atoms with Gasteiger partial charge in [-0.3, -0.25) is 0 Å². The number of rotatable bonds is 4. The van der Waals surface area contributed by atoms with Crippen LogP contribution < -0.4 is 5.73 Å². The van der Waals surface area contributed by atoms with Crippen molar-refractivity contribution in [2.45, 2.75) is 31.7 Å². The van der Waals surface area contributed by atoms with Gasteiger partial charge in [0, 0.05) is 5.54 Å². The fourth-order valence-corrected chi connectivity index (χ4v) is 3.27. The molecule has 92 valence electrons. The highest BCUT2D eigenvalue weighted by atomic mass is 32.2. The second-order valence-corrected chi connectivity index (χ2v) is 6.93. The van der Waals surface area contributed by atoms with Gasteiger partial charge < -0.3 is 5.73 Å². The first-order valence-corrected chi connectivity index (χ1v) is 7.11. The summed E-state index contributed by atoms with van der Waals surface area (Å²) in [4.78, 5) is 0. The van der Waals surface area contributed by atoms with Gasteiger partial charge in [-0.1, -0.05) is 11.6 Å². The average molecular weight is 248 g/mol. The van der Waals surface area contributed by atoms with Crippen LogP contribution >= 0.6 is 0 Å². The van der Waals surface area contributed by atoms with Crippen LogP contribution in [0, 0.1) is 5.92 Å².